The number of hydrogen-bond acceptors (Lipinski definition) is 3. The maximum atomic E-state index is 12.2. The summed E-state index contributed by atoms with van der Waals surface area (Å²) in [6.07, 6.45) is 0.752. The molecule has 0 aliphatic carbocycles. The summed E-state index contributed by atoms with van der Waals surface area (Å²) >= 11 is 1.70. The van der Waals surface area contributed by atoms with Crippen molar-refractivity contribution < 1.29 is 9.90 Å². The highest BCUT2D eigenvalue weighted by Gasteiger charge is 2.16. The Morgan fingerprint density at radius 2 is 1.95 bits per heavy atom. The molecule has 2 amide bonds. The highest BCUT2D eigenvalue weighted by Crippen LogP contribution is 2.15. The molecule has 1 unspecified atom stereocenters. The first kappa shape index (κ1) is 16.4. The number of benzene rings is 1. The minimum atomic E-state index is -0.0719. The number of amides is 2. The van der Waals surface area contributed by atoms with Crippen LogP contribution in [-0.2, 0) is 13.0 Å². The average Bonchev–Trinajstić information content (AvgIpc) is 2.92. The van der Waals surface area contributed by atoms with Gasteiger partial charge in [0.25, 0.3) is 0 Å². The summed E-state index contributed by atoms with van der Waals surface area (Å²) in [6, 6.07) is 11.2. The van der Waals surface area contributed by atoms with E-state index >= 15 is 0 Å². The summed E-state index contributed by atoms with van der Waals surface area (Å²) in [5, 5.41) is 12.2. The second kappa shape index (κ2) is 7.31. The van der Waals surface area contributed by atoms with Gasteiger partial charge in [-0.25, -0.2) is 4.79 Å². The Hall–Kier alpha value is -2.01. The lowest BCUT2D eigenvalue weighted by atomic mass is 10.1. The fourth-order valence-electron chi connectivity index (χ4n) is 2.18. The van der Waals surface area contributed by atoms with E-state index in [0.717, 1.165) is 16.9 Å². The molecule has 1 atom stereocenters. The van der Waals surface area contributed by atoms with Crippen molar-refractivity contribution in [2.45, 2.75) is 32.9 Å². The molecular formula is C17H22N2O2S. The van der Waals surface area contributed by atoms with Gasteiger partial charge in [0.2, 0.25) is 0 Å². The molecule has 118 valence electrons. The zero-order valence-corrected chi connectivity index (χ0v) is 14.0. The zero-order valence-electron chi connectivity index (χ0n) is 13.2. The lowest BCUT2D eigenvalue weighted by Crippen LogP contribution is -2.42. The Labute approximate surface area is 135 Å². The third-order valence-electron chi connectivity index (χ3n) is 3.66. The molecule has 0 aliphatic rings. The number of aromatic hydroxyl groups is 1. The third kappa shape index (κ3) is 4.49. The van der Waals surface area contributed by atoms with Crippen LogP contribution in [0.1, 0.15) is 22.2 Å². The molecule has 2 N–H and O–H groups in total. The Morgan fingerprint density at radius 3 is 2.55 bits per heavy atom. The van der Waals surface area contributed by atoms with Crippen LogP contribution in [0.25, 0.3) is 0 Å². The van der Waals surface area contributed by atoms with E-state index in [0.29, 0.717) is 6.54 Å². The highest BCUT2D eigenvalue weighted by molar-refractivity contribution is 7.11. The Morgan fingerprint density at radius 1 is 1.27 bits per heavy atom. The van der Waals surface area contributed by atoms with Crippen LogP contribution in [0.5, 0.6) is 5.75 Å². The Kier molecular flexibility index (Phi) is 5.44. The van der Waals surface area contributed by atoms with E-state index in [1.54, 1.807) is 35.4 Å². The number of hydrogen-bond donors (Lipinski definition) is 2. The van der Waals surface area contributed by atoms with Crippen molar-refractivity contribution in [3.05, 3.63) is 51.7 Å². The molecule has 0 spiro atoms. The van der Waals surface area contributed by atoms with Gasteiger partial charge in [-0.1, -0.05) is 12.1 Å². The van der Waals surface area contributed by atoms with Crippen LogP contribution in [0, 0.1) is 6.92 Å². The number of phenolic OH excluding ortho intramolecular Hbond substituents is 1. The maximum absolute atomic E-state index is 12.2. The number of carbonyl (C=O) groups is 1. The van der Waals surface area contributed by atoms with Gasteiger partial charge in [0.1, 0.15) is 5.75 Å². The Balaban J connectivity index is 1.84. The van der Waals surface area contributed by atoms with Gasteiger partial charge in [0, 0.05) is 22.8 Å². The summed E-state index contributed by atoms with van der Waals surface area (Å²) in [5.74, 6) is 0.258. The van der Waals surface area contributed by atoms with Crippen LogP contribution < -0.4 is 5.32 Å². The molecule has 0 saturated heterocycles. The van der Waals surface area contributed by atoms with Gasteiger partial charge >= 0.3 is 6.03 Å². The van der Waals surface area contributed by atoms with Gasteiger partial charge in [-0.3, -0.25) is 0 Å². The molecule has 4 nitrogen and oxygen atoms in total. The smallest absolute Gasteiger partial charge is 0.317 e. The van der Waals surface area contributed by atoms with Gasteiger partial charge in [-0.2, -0.15) is 0 Å². The van der Waals surface area contributed by atoms with E-state index < -0.39 is 0 Å². The van der Waals surface area contributed by atoms with Crippen molar-refractivity contribution in [3.8, 4) is 5.75 Å². The molecule has 1 aromatic heterocycles. The van der Waals surface area contributed by atoms with Crippen LogP contribution in [-0.4, -0.2) is 29.1 Å². The van der Waals surface area contributed by atoms with Crippen molar-refractivity contribution in [2.24, 2.45) is 0 Å². The van der Waals surface area contributed by atoms with Crippen LogP contribution >= 0.6 is 11.3 Å². The minimum absolute atomic E-state index is 0.0719. The number of nitrogens with one attached hydrogen (secondary N) is 1. The van der Waals surface area contributed by atoms with Gasteiger partial charge in [-0.05, 0) is 50.1 Å². The summed E-state index contributed by atoms with van der Waals surface area (Å²) < 4.78 is 0. The molecule has 0 bridgehead atoms. The normalized spacial score (nSPS) is 12.0. The quantitative estimate of drug-likeness (QED) is 0.886. The van der Waals surface area contributed by atoms with Gasteiger partial charge in [-0.15, -0.1) is 11.3 Å². The van der Waals surface area contributed by atoms with E-state index in [4.69, 9.17) is 0 Å². The van der Waals surface area contributed by atoms with Crippen molar-refractivity contribution >= 4 is 17.4 Å². The minimum Gasteiger partial charge on any atom is -0.508 e. The zero-order chi connectivity index (χ0) is 16.1. The lowest BCUT2D eigenvalue weighted by molar-refractivity contribution is 0.193. The van der Waals surface area contributed by atoms with Crippen molar-refractivity contribution in [3.63, 3.8) is 0 Å². The summed E-state index contributed by atoms with van der Waals surface area (Å²) in [4.78, 5) is 16.3. The van der Waals surface area contributed by atoms with Gasteiger partial charge < -0.3 is 15.3 Å². The van der Waals surface area contributed by atoms with E-state index in [1.165, 1.54) is 4.88 Å². The van der Waals surface area contributed by atoms with E-state index in [1.807, 2.05) is 25.1 Å². The molecule has 2 aromatic rings. The first-order valence-electron chi connectivity index (χ1n) is 7.29. The lowest BCUT2D eigenvalue weighted by Gasteiger charge is -2.25. The SMILES string of the molecule is Cc1ccc(CNC(=O)N(C)C(C)Cc2ccc(O)cc2)s1. The number of nitrogens with zero attached hydrogens (tertiary/aromatic N) is 1. The first-order valence-corrected chi connectivity index (χ1v) is 8.11. The molecule has 22 heavy (non-hydrogen) atoms. The fourth-order valence-corrected chi connectivity index (χ4v) is 3.01. The molecule has 5 heteroatoms. The van der Waals surface area contributed by atoms with Crippen LogP contribution in [0.4, 0.5) is 4.79 Å². The molecule has 1 heterocycles. The summed E-state index contributed by atoms with van der Waals surface area (Å²) in [5.41, 5.74) is 1.10. The van der Waals surface area contributed by atoms with Crippen molar-refractivity contribution in [1.82, 2.24) is 10.2 Å². The second-order valence-electron chi connectivity index (χ2n) is 5.50. The molecule has 1 aromatic carbocycles. The molecule has 2 rings (SSSR count). The second-order valence-corrected chi connectivity index (χ2v) is 6.87. The number of rotatable bonds is 5. The van der Waals surface area contributed by atoms with Crippen LogP contribution in [0.3, 0.4) is 0 Å². The van der Waals surface area contributed by atoms with Gasteiger partial charge in [0.05, 0.1) is 6.54 Å². The number of carbonyl (C=O) groups excluding carboxylic acids is 1. The topological polar surface area (TPSA) is 52.6 Å². The predicted molar refractivity (Wildman–Crippen MR) is 90.3 cm³/mol. The molecular weight excluding hydrogens is 296 g/mol. The summed E-state index contributed by atoms with van der Waals surface area (Å²) in [6.45, 7) is 4.64. The highest BCUT2D eigenvalue weighted by atomic mass is 32.1. The van der Waals surface area contributed by atoms with E-state index in [2.05, 4.69) is 18.3 Å². The van der Waals surface area contributed by atoms with Crippen LogP contribution in [0.2, 0.25) is 0 Å². The largest absolute Gasteiger partial charge is 0.508 e. The van der Waals surface area contributed by atoms with E-state index in [9.17, 15) is 9.90 Å². The number of thiophene rings is 1. The average molecular weight is 318 g/mol. The molecule has 0 radical (unpaired) electrons. The van der Waals surface area contributed by atoms with Crippen molar-refractivity contribution in [2.75, 3.05) is 7.05 Å². The van der Waals surface area contributed by atoms with Crippen molar-refractivity contribution in [1.29, 1.82) is 0 Å². The van der Waals surface area contributed by atoms with Crippen LogP contribution in [0.15, 0.2) is 36.4 Å². The Bertz CT molecular complexity index is 622. The number of urea groups is 1. The molecule has 0 aliphatic heterocycles. The van der Waals surface area contributed by atoms with E-state index in [-0.39, 0.29) is 17.8 Å². The fraction of sp³-hybridized carbons (Fsp3) is 0.353. The van der Waals surface area contributed by atoms with Gasteiger partial charge in [0.15, 0.2) is 0 Å². The number of phenols is 1. The summed E-state index contributed by atoms with van der Waals surface area (Å²) in [7, 11) is 1.81. The standard InChI is InChI=1S/C17H22N2O2S/c1-12(10-14-5-7-15(20)8-6-14)19(3)17(21)18-11-16-9-4-13(2)22-16/h4-9,12,20H,10-11H2,1-3H3,(H,18,21). The maximum Gasteiger partial charge on any atom is 0.317 e. The number of aryl methyl sites for hydroxylation is 1. The molecule has 0 saturated carbocycles. The monoisotopic (exact) mass is 318 g/mol. The first-order chi connectivity index (χ1) is 10.5. The predicted octanol–water partition coefficient (Wildman–Crippen LogP) is 3.53. The third-order valence-corrected chi connectivity index (χ3v) is 4.66. The number of likely N-dealkylation sites (N-methyl/N-ethyl adjacent to an activating group) is 1. The molecule has 0 fully saturated rings.